The van der Waals surface area contributed by atoms with Crippen molar-refractivity contribution in [2.45, 2.75) is 25.1 Å². The molecule has 7 nitrogen and oxygen atoms in total. The number of carbonyl (C=O) groups is 1. The summed E-state index contributed by atoms with van der Waals surface area (Å²) in [7, 11) is 1.47. The number of carbonyl (C=O) groups excluding carboxylic acids is 1. The number of thiazole rings is 1. The number of likely N-dealkylation sites (tertiary alicyclic amines) is 1. The minimum atomic E-state index is -0.622. The van der Waals surface area contributed by atoms with Crippen molar-refractivity contribution in [1.29, 1.82) is 0 Å². The number of β-amino-alcohol motifs (C(OH)–C–C–N with tert-alkyl or cyclic N) is 1. The average molecular weight is 337 g/mol. The highest BCUT2D eigenvalue weighted by Crippen LogP contribution is 2.18. The molecule has 0 unspecified atom stereocenters. The van der Waals surface area contributed by atoms with Gasteiger partial charge in [-0.3, -0.25) is 9.69 Å². The molecule has 1 saturated heterocycles. The van der Waals surface area contributed by atoms with E-state index in [2.05, 4.69) is 15.2 Å². The van der Waals surface area contributed by atoms with Gasteiger partial charge in [-0.05, 0) is 12.5 Å². The number of rotatable bonds is 5. The average Bonchev–Trinajstić information content (AvgIpc) is 3.21. The first-order valence-corrected chi connectivity index (χ1v) is 8.32. The van der Waals surface area contributed by atoms with Gasteiger partial charge in [0.1, 0.15) is 0 Å². The Labute approximate surface area is 137 Å². The second-order valence-corrected chi connectivity index (χ2v) is 6.19. The zero-order valence-electron chi connectivity index (χ0n) is 12.8. The maximum Gasteiger partial charge on any atom is 0.287 e. The number of hydrogen-bond donors (Lipinski definition) is 2. The van der Waals surface area contributed by atoms with E-state index in [1.807, 2.05) is 5.38 Å². The van der Waals surface area contributed by atoms with Crippen molar-refractivity contribution in [1.82, 2.24) is 15.2 Å². The molecule has 0 aromatic carbocycles. The molecule has 0 spiro atoms. The lowest BCUT2D eigenvalue weighted by molar-refractivity contribution is 0.0339. The van der Waals surface area contributed by atoms with Crippen molar-refractivity contribution in [2.75, 3.05) is 20.2 Å². The summed E-state index contributed by atoms with van der Waals surface area (Å²) in [6.45, 7) is 2.02. The van der Waals surface area contributed by atoms with Crippen molar-refractivity contribution < 1.29 is 19.1 Å². The molecule has 3 heterocycles. The highest BCUT2D eigenvalue weighted by Gasteiger charge is 2.30. The fourth-order valence-corrected chi connectivity index (χ4v) is 3.19. The minimum absolute atomic E-state index is 0.180. The van der Waals surface area contributed by atoms with E-state index in [9.17, 15) is 9.90 Å². The van der Waals surface area contributed by atoms with Crippen LogP contribution >= 0.6 is 11.3 Å². The predicted molar refractivity (Wildman–Crippen MR) is 84.5 cm³/mol. The molecule has 0 aliphatic carbocycles. The summed E-state index contributed by atoms with van der Waals surface area (Å²) in [5.74, 6) is 0.123. The molecule has 0 bridgehead atoms. The van der Waals surface area contributed by atoms with Gasteiger partial charge in [-0.25, -0.2) is 4.98 Å². The normalized spacial score (nSPS) is 22.0. The van der Waals surface area contributed by atoms with Crippen LogP contribution in [-0.2, 0) is 6.54 Å². The number of piperidine rings is 1. The van der Waals surface area contributed by atoms with Gasteiger partial charge >= 0.3 is 0 Å². The number of methoxy groups -OCH3 is 1. The second kappa shape index (κ2) is 7.12. The summed E-state index contributed by atoms with van der Waals surface area (Å²) < 4.78 is 10.1. The Morgan fingerprint density at radius 1 is 1.61 bits per heavy atom. The fraction of sp³-hybridized carbons (Fsp3) is 0.467. The van der Waals surface area contributed by atoms with Gasteiger partial charge in [-0.2, -0.15) is 0 Å². The minimum Gasteiger partial charge on any atom is -0.468 e. The first kappa shape index (κ1) is 16.0. The van der Waals surface area contributed by atoms with E-state index < -0.39 is 6.10 Å². The molecular weight excluding hydrogens is 318 g/mol. The van der Waals surface area contributed by atoms with Crippen molar-refractivity contribution in [3.63, 3.8) is 0 Å². The third kappa shape index (κ3) is 3.90. The third-order valence-corrected chi connectivity index (χ3v) is 4.49. The van der Waals surface area contributed by atoms with Crippen LogP contribution in [0, 0.1) is 0 Å². The molecule has 2 aromatic heterocycles. The van der Waals surface area contributed by atoms with Gasteiger partial charge in [-0.1, -0.05) is 0 Å². The number of furan rings is 1. The predicted octanol–water partition coefficient (Wildman–Crippen LogP) is 1.11. The monoisotopic (exact) mass is 337 g/mol. The molecule has 2 aromatic rings. The molecule has 1 aliphatic heterocycles. The summed E-state index contributed by atoms with van der Waals surface area (Å²) in [5.41, 5.74) is 2.81. The number of nitrogens with zero attached hydrogens (tertiary/aromatic N) is 2. The molecule has 1 fully saturated rings. The molecule has 0 radical (unpaired) electrons. The van der Waals surface area contributed by atoms with Gasteiger partial charge in [0.2, 0.25) is 0 Å². The Balaban J connectivity index is 1.52. The van der Waals surface area contributed by atoms with Crippen molar-refractivity contribution in [2.24, 2.45) is 0 Å². The summed E-state index contributed by atoms with van der Waals surface area (Å²) >= 11 is 1.56. The van der Waals surface area contributed by atoms with E-state index in [-0.39, 0.29) is 23.7 Å². The Morgan fingerprint density at radius 2 is 2.48 bits per heavy atom. The first-order chi connectivity index (χ1) is 11.2. The Morgan fingerprint density at radius 3 is 3.13 bits per heavy atom. The van der Waals surface area contributed by atoms with Crippen molar-refractivity contribution in [3.05, 3.63) is 34.5 Å². The molecule has 124 valence electrons. The van der Waals surface area contributed by atoms with Crippen LogP contribution in [0.1, 0.15) is 22.7 Å². The SMILES string of the molecule is COc1ccc(C(=O)N[C@@H]2CCN(Cc3cscn3)C[C@H]2O)o1. The zero-order valence-corrected chi connectivity index (χ0v) is 13.6. The van der Waals surface area contributed by atoms with E-state index in [0.717, 1.165) is 18.8 Å². The maximum absolute atomic E-state index is 12.1. The van der Waals surface area contributed by atoms with Crippen LogP contribution in [0.25, 0.3) is 0 Å². The quantitative estimate of drug-likeness (QED) is 0.850. The lowest BCUT2D eigenvalue weighted by Gasteiger charge is -2.35. The van der Waals surface area contributed by atoms with Crippen molar-refractivity contribution >= 4 is 17.2 Å². The Kier molecular flexibility index (Phi) is 4.94. The molecular formula is C15H19N3O4S. The van der Waals surface area contributed by atoms with Gasteiger partial charge in [0.15, 0.2) is 5.76 Å². The number of amides is 1. The summed E-state index contributed by atoms with van der Waals surface area (Å²) in [6, 6.07) is 2.85. The zero-order chi connectivity index (χ0) is 16.2. The number of aliphatic hydroxyl groups excluding tert-OH is 1. The Bertz CT molecular complexity index is 643. The second-order valence-electron chi connectivity index (χ2n) is 5.47. The number of aromatic nitrogens is 1. The van der Waals surface area contributed by atoms with Gasteiger partial charge in [-0.15, -0.1) is 11.3 Å². The van der Waals surface area contributed by atoms with Gasteiger partial charge in [0.25, 0.3) is 11.9 Å². The highest BCUT2D eigenvalue weighted by atomic mass is 32.1. The number of ether oxygens (including phenoxy) is 1. The molecule has 0 saturated carbocycles. The molecule has 1 aliphatic rings. The molecule has 8 heteroatoms. The molecule has 2 N–H and O–H groups in total. The van der Waals surface area contributed by atoms with Crippen molar-refractivity contribution in [3.8, 4) is 5.95 Å². The van der Waals surface area contributed by atoms with Gasteiger partial charge < -0.3 is 19.6 Å². The van der Waals surface area contributed by atoms with Crippen LogP contribution in [0.2, 0.25) is 0 Å². The Hall–Kier alpha value is -1.90. The molecule has 1 amide bonds. The largest absolute Gasteiger partial charge is 0.468 e. The van der Waals surface area contributed by atoms with Crippen LogP contribution in [-0.4, -0.2) is 53.2 Å². The molecule has 2 atom stereocenters. The topological polar surface area (TPSA) is 87.8 Å². The lowest BCUT2D eigenvalue weighted by atomic mass is 10.0. The highest BCUT2D eigenvalue weighted by molar-refractivity contribution is 7.07. The number of aliphatic hydroxyl groups is 1. The maximum atomic E-state index is 12.1. The van der Waals surface area contributed by atoms with E-state index in [4.69, 9.17) is 9.15 Å². The molecule has 3 rings (SSSR count). The van der Waals surface area contributed by atoms with E-state index in [1.54, 1.807) is 29.0 Å². The van der Waals surface area contributed by atoms with Crippen LogP contribution in [0.4, 0.5) is 0 Å². The fourth-order valence-electron chi connectivity index (χ4n) is 2.65. The number of nitrogens with one attached hydrogen (secondary N) is 1. The van der Waals surface area contributed by atoms with Crippen LogP contribution in [0.5, 0.6) is 5.95 Å². The first-order valence-electron chi connectivity index (χ1n) is 7.38. The lowest BCUT2D eigenvalue weighted by Crippen LogP contribution is -2.53. The summed E-state index contributed by atoms with van der Waals surface area (Å²) in [6.07, 6.45) is 0.0534. The van der Waals surface area contributed by atoms with Crippen LogP contribution < -0.4 is 10.1 Å². The van der Waals surface area contributed by atoms with E-state index in [0.29, 0.717) is 13.0 Å². The van der Waals surface area contributed by atoms with Gasteiger partial charge in [0, 0.05) is 31.1 Å². The molecule has 23 heavy (non-hydrogen) atoms. The van der Waals surface area contributed by atoms with Gasteiger partial charge in [0.05, 0.1) is 30.5 Å². The smallest absolute Gasteiger partial charge is 0.287 e. The summed E-state index contributed by atoms with van der Waals surface area (Å²) in [4.78, 5) is 18.5. The number of hydrogen-bond acceptors (Lipinski definition) is 7. The standard InChI is InChI=1S/C15H19N3O4S/c1-21-14-3-2-13(22-14)15(20)17-11-4-5-18(7-12(11)19)6-10-8-23-9-16-10/h2-3,8-9,11-12,19H,4-7H2,1H3,(H,17,20)/t11-,12-/m1/s1. The van der Waals surface area contributed by atoms with E-state index in [1.165, 1.54) is 7.11 Å². The van der Waals surface area contributed by atoms with Crippen LogP contribution in [0.3, 0.4) is 0 Å². The summed E-state index contributed by atoms with van der Waals surface area (Å²) in [5, 5.41) is 15.1. The van der Waals surface area contributed by atoms with E-state index >= 15 is 0 Å². The third-order valence-electron chi connectivity index (χ3n) is 3.86. The van der Waals surface area contributed by atoms with Crippen LogP contribution in [0.15, 0.2) is 27.4 Å².